The van der Waals surface area contributed by atoms with Crippen molar-refractivity contribution in [2.45, 2.75) is 51.2 Å². The molecular weight excluding hydrogens is 252 g/mol. The minimum Gasteiger partial charge on any atom is -0.375 e. The maximum atomic E-state index is 11.9. The van der Waals surface area contributed by atoms with Crippen LogP contribution in [-0.2, 0) is 9.53 Å². The average Bonchev–Trinajstić information content (AvgIpc) is 2.33. The molecule has 2 aliphatic rings. The largest absolute Gasteiger partial charge is 0.375 e. The standard InChI is InChI=1S/C13H24N2O2.ClH/c1-10-4-2-3-5-12(10)15-13(16)8-11-9-14-6-7-17-11;/h10-12,14H,2-9H2,1H3,(H,15,16);1H. The zero-order chi connectivity index (χ0) is 12.1. The van der Waals surface area contributed by atoms with E-state index in [1.54, 1.807) is 0 Å². The topological polar surface area (TPSA) is 50.4 Å². The van der Waals surface area contributed by atoms with E-state index in [1.807, 2.05) is 0 Å². The molecule has 2 N–H and O–H groups in total. The summed E-state index contributed by atoms with van der Waals surface area (Å²) in [6, 6.07) is 0.382. The number of morpholine rings is 1. The van der Waals surface area contributed by atoms with Crippen LogP contribution in [-0.4, -0.2) is 37.7 Å². The van der Waals surface area contributed by atoms with Gasteiger partial charge in [-0.1, -0.05) is 19.8 Å². The Balaban J connectivity index is 0.00000162. The SMILES string of the molecule is CC1CCCCC1NC(=O)CC1CNCCO1.Cl. The summed E-state index contributed by atoms with van der Waals surface area (Å²) < 4.78 is 5.54. The summed E-state index contributed by atoms with van der Waals surface area (Å²) in [6.45, 7) is 4.66. The molecule has 18 heavy (non-hydrogen) atoms. The number of carbonyl (C=O) groups is 1. The van der Waals surface area contributed by atoms with Crippen molar-refractivity contribution in [3.63, 3.8) is 0 Å². The summed E-state index contributed by atoms with van der Waals surface area (Å²) in [5, 5.41) is 6.42. The molecule has 0 aromatic carbocycles. The van der Waals surface area contributed by atoms with Crippen LogP contribution in [0, 0.1) is 5.92 Å². The fourth-order valence-electron chi connectivity index (χ4n) is 2.75. The molecule has 1 aliphatic carbocycles. The number of ether oxygens (including phenoxy) is 1. The Bertz CT molecular complexity index is 257. The highest BCUT2D eigenvalue weighted by atomic mass is 35.5. The molecule has 4 nitrogen and oxygen atoms in total. The third-order valence-corrected chi connectivity index (χ3v) is 3.88. The highest BCUT2D eigenvalue weighted by molar-refractivity contribution is 5.85. The van der Waals surface area contributed by atoms with Crippen molar-refractivity contribution < 1.29 is 9.53 Å². The third-order valence-electron chi connectivity index (χ3n) is 3.88. The third kappa shape index (κ3) is 4.75. The van der Waals surface area contributed by atoms with Crippen molar-refractivity contribution >= 4 is 18.3 Å². The zero-order valence-corrected chi connectivity index (χ0v) is 11.9. The van der Waals surface area contributed by atoms with Crippen molar-refractivity contribution in [2.24, 2.45) is 5.92 Å². The van der Waals surface area contributed by atoms with Crippen LogP contribution in [0.5, 0.6) is 0 Å². The lowest BCUT2D eigenvalue weighted by molar-refractivity contribution is -0.125. The number of rotatable bonds is 3. The van der Waals surface area contributed by atoms with E-state index in [2.05, 4.69) is 17.6 Å². The number of nitrogens with one attached hydrogen (secondary N) is 2. The first-order valence-electron chi connectivity index (χ1n) is 6.87. The van der Waals surface area contributed by atoms with Gasteiger partial charge in [0.25, 0.3) is 0 Å². The lowest BCUT2D eigenvalue weighted by Gasteiger charge is -2.30. The number of carbonyl (C=O) groups excluding carboxylic acids is 1. The van der Waals surface area contributed by atoms with Crippen molar-refractivity contribution in [2.75, 3.05) is 19.7 Å². The summed E-state index contributed by atoms with van der Waals surface area (Å²) in [6.07, 6.45) is 5.49. The van der Waals surface area contributed by atoms with Gasteiger partial charge in [-0.05, 0) is 18.8 Å². The number of amides is 1. The van der Waals surface area contributed by atoms with Crippen molar-refractivity contribution in [1.29, 1.82) is 0 Å². The zero-order valence-electron chi connectivity index (χ0n) is 11.1. The Kier molecular flexibility index (Phi) is 6.97. The minimum atomic E-state index is 0. The van der Waals surface area contributed by atoms with Crippen LogP contribution in [0.25, 0.3) is 0 Å². The number of hydrogen-bond donors (Lipinski definition) is 2. The fraction of sp³-hybridized carbons (Fsp3) is 0.923. The predicted octanol–water partition coefficient (Wildman–Crippen LogP) is 1.48. The van der Waals surface area contributed by atoms with Gasteiger partial charge in [0, 0.05) is 19.1 Å². The molecule has 1 aliphatic heterocycles. The van der Waals surface area contributed by atoms with Crippen LogP contribution < -0.4 is 10.6 Å². The summed E-state index contributed by atoms with van der Waals surface area (Å²) in [7, 11) is 0. The monoisotopic (exact) mass is 276 g/mol. The lowest BCUT2D eigenvalue weighted by atomic mass is 9.86. The van der Waals surface area contributed by atoms with Crippen LogP contribution in [0.4, 0.5) is 0 Å². The molecule has 0 aromatic heterocycles. The molecule has 1 saturated carbocycles. The normalized spacial score (nSPS) is 32.4. The average molecular weight is 277 g/mol. The van der Waals surface area contributed by atoms with Gasteiger partial charge in [-0.3, -0.25) is 4.79 Å². The van der Waals surface area contributed by atoms with E-state index in [0.29, 0.717) is 18.4 Å². The first kappa shape index (κ1) is 15.7. The Morgan fingerprint density at radius 1 is 1.39 bits per heavy atom. The van der Waals surface area contributed by atoms with Crippen molar-refractivity contribution in [3.8, 4) is 0 Å². The van der Waals surface area contributed by atoms with Crippen LogP contribution in [0.3, 0.4) is 0 Å². The van der Waals surface area contributed by atoms with Gasteiger partial charge in [-0.15, -0.1) is 12.4 Å². The van der Waals surface area contributed by atoms with Gasteiger partial charge in [0.2, 0.25) is 5.91 Å². The van der Waals surface area contributed by atoms with Gasteiger partial charge in [-0.2, -0.15) is 0 Å². The van der Waals surface area contributed by atoms with E-state index in [1.165, 1.54) is 19.3 Å². The molecular formula is C13H25ClN2O2. The first-order valence-corrected chi connectivity index (χ1v) is 6.87. The Hall–Kier alpha value is -0.320. The van der Waals surface area contributed by atoms with Crippen LogP contribution in [0.1, 0.15) is 39.0 Å². The van der Waals surface area contributed by atoms with Crippen molar-refractivity contribution in [3.05, 3.63) is 0 Å². The van der Waals surface area contributed by atoms with E-state index in [4.69, 9.17) is 4.74 Å². The quantitative estimate of drug-likeness (QED) is 0.821. The first-order chi connectivity index (χ1) is 8.25. The molecule has 106 valence electrons. The Morgan fingerprint density at radius 2 is 2.17 bits per heavy atom. The van der Waals surface area contributed by atoms with Gasteiger partial charge in [-0.25, -0.2) is 0 Å². The Labute approximate surface area is 116 Å². The van der Waals surface area contributed by atoms with E-state index >= 15 is 0 Å². The molecule has 5 heteroatoms. The molecule has 0 radical (unpaired) electrons. The predicted molar refractivity (Wildman–Crippen MR) is 74.0 cm³/mol. The molecule has 1 amide bonds. The maximum absolute atomic E-state index is 11.9. The highest BCUT2D eigenvalue weighted by Crippen LogP contribution is 2.23. The van der Waals surface area contributed by atoms with E-state index in [-0.39, 0.29) is 24.4 Å². The van der Waals surface area contributed by atoms with Gasteiger partial charge in [0.1, 0.15) is 0 Å². The summed E-state index contributed by atoms with van der Waals surface area (Å²) >= 11 is 0. The molecule has 2 rings (SSSR count). The summed E-state index contributed by atoms with van der Waals surface area (Å²) in [5.74, 6) is 0.774. The summed E-state index contributed by atoms with van der Waals surface area (Å²) in [5.41, 5.74) is 0. The maximum Gasteiger partial charge on any atom is 0.222 e. The van der Waals surface area contributed by atoms with Gasteiger partial charge in [0.15, 0.2) is 0 Å². The van der Waals surface area contributed by atoms with E-state index in [0.717, 1.165) is 26.1 Å². The van der Waals surface area contributed by atoms with Gasteiger partial charge >= 0.3 is 0 Å². The second-order valence-electron chi connectivity index (χ2n) is 5.34. The molecule has 3 unspecified atom stereocenters. The Morgan fingerprint density at radius 3 is 2.83 bits per heavy atom. The molecule has 3 atom stereocenters. The molecule has 0 spiro atoms. The van der Waals surface area contributed by atoms with Gasteiger partial charge < -0.3 is 15.4 Å². The molecule has 1 saturated heterocycles. The summed E-state index contributed by atoms with van der Waals surface area (Å²) in [4.78, 5) is 11.9. The smallest absolute Gasteiger partial charge is 0.222 e. The van der Waals surface area contributed by atoms with Crippen LogP contribution >= 0.6 is 12.4 Å². The highest BCUT2D eigenvalue weighted by Gasteiger charge is 2.24. The molecule has 2 fully saturated rings. The minimum absolute atomic E-state index is 0. The second-order valence-corrected chi connectivity index (χ2v) is 5.34. The molecule has 0 bridgehead atoms. The number of hydrogen-bond acceptors (Lipinski definition) is 3. The second kappa shape index (κ2) is 7.97. The molecule has 0 aromatic rings. The fourth-order valence-corrected chi connectivity index (χ4v) is 2.75. The van der Waals surface area contributed by atoms with Crippen LogP contribution in [0.15, 0.2) is 0 Å². The van der Waals surface area contributed by atoms with Gasteiger partial charge in [0.05, 0.1) is 19.1 Å². The number of halogens is 1. The van der Waals surface area contributed by atoms with Crippen LogP contribution in [0.2, 0.25) is 0 Å². The van der Waals surface area contributed by atoms with Crippen molar-refractivity contribution in [1.82, 2.24) is 10.6 Å². The van der Waals surface area contributed by atoms with E-state index in [9.17, 15) is 4.79 Å². The van der Waals surface area contributed by atoms with E-state index < -0.39 is 0 Å². The lowest BCUT2D eigenvalue weighted by Crippen LogP contribution is -2.45. The molecule has 1 heterocycles.